The molecule has 1 fully saturated rings. The molecule has 8 heteroatoms. The summed E-state index contributed by atoms with van der Waals surface area (Å²) >= 11 is 0. The lowest BCUT2D eigenvalue weighted by molar-refractivity contribution is 0.200. The van der Waals surface area contributed by atoms with Gasteiger partial charge in [0.05, 0.1) is 12.2 Å². The summed E-state index contributed by atoms with van der Waals surface area (Å²) in [5.74, 6) is 1.93. The maximum atomic E-state index is 4.38. The molecular weight excluding hydrogens is 424 g/mol. The van der Waals surface area contributed by atoms with E-state index in [2.05, 4.69) is 86.4 Å². The summed E-state index contributed by atoms with van der Waals surface area (Å²) in [5, 5.41) is 13.7. The Balaban J connectivity index is 1.31. The zero-order valence-electron chi connectivity index (χ0n) is 19.9. The number of benzene rings is 1. The van der Waals surface area contributed by atoms with Gasteiger partial charge < -0.3 is 9.97 Å². The summed E-state index contributed by atoms with van der Waals surface area (Å²) in [4.78, 5) is 13.7. The minimum absolute atomic E-state index is 0.398. The predicted molar refractivity (Wildman–Crippen MR) is 133 cm³/mol. The summed E-state index contributed by atoms with van der Waals surface area (Å²) in [6.07, 6.45) is 7.67. The smallest absolute Gasteiger partial charge is 0.158 e. The highest BCUT2D eigenvalue weighted by Crippen LogP contribution is 2.38. The zero-order chi connectivity index (χ0) is 23.2. The van der Waals surface area contributed by atoms with Gasteiger partial charge >= 0.3 is 0 Å². The molecule has 1 aliphatic heterocycles. The van der Waals surface area contributed by atoms with Crippen LogP contribution >= 0.6 is 0 Å². The molecule has 0 amide bonds. The third kappa shape index (κ3) is 3.68. The van der Waals surface area contributed by atoms with Crippen LogP contribution in [0.25, 0.3) is 27.8 Å². The van der Waals surface area contributed by atoms with E-state index in [1.54, 1.807) is 12.7 Å². The zero-order valence-corrected chi connectivity index (χ0v) is 19.9. The monoisotopic (exact) mass is 454 g/mol. The van der Waals surface area contributed by atoms with E-state index in [1.165, 1.54) is 27.7 Å². The molecule has 0 aliphatic carbocycles. The van der Waals surface area contributed by atoms with Crippen molar-refractivity contribution >= 4 is 16.6 Å². The quantitative estimate of drug-likeness (QED) is 0.398. The maximum Gasteiger partial charge on any atom is 0.158 e. The number of likely N-dealkylation sites (tertiary alicyclic amines) is 1. The molecule has 34 heavy (non-hydrogen) atoms. The number of hydrogen-bond donors (Lipinski definition) is 2. The second-order valence-electron chi connectivity index (χ2n) is 9.80. The molecule has 0 bridgehead atoms. The molecule has 1 saturated heterocycles. The lowest BCUT2D eigenvalue weighted by Gasteiger charge is -2.31. The largest absolute Gasteiger partial charge is 0.354 e. The van der Waals surface area contributed by atoms with E-state index in [-0.39, 0.29) is 0 Å². The first-order valence-corrected chi connectivity index (χ1v) is 12.1. The van der Waals surface area contributed by atoms with Gasteiger partial charge in [0.15, 0.2) is 5.65 Å². The van der Waals surface area contributed by atoms with Crippen molar-refractivity contribution in [3.05, 3.63) is 65.6 Å². The van der Waals surface area contributed by atoms with Crippen LogP contribution in [-0.4, -0.2) is 52.8 Å². The Hall–Kier alpha value is -3.52. The SMILES string of the molecule is Cc1cc(-c2[nH]c3ccc(C4CCN(Cc5nnc[nH]5)CC4)cc3c2C(C)C)cn2ncnc12. The number of hydrogen-bond acceptors (Lipinski definition) is 5. The maximum absolute atomic E-state index is 4.38. The first-order chi connectivity index (χ1) is 16.6. The van der Waals surface area contributed by atoms with Crippen molar-refractivity contribution in [1.82, 2.24) is 39.7 Å². The molecule has 4 aromatic heterocycles. The van der Waals surface area contributed by atoms with Gasteiger partial charge in [-0.25, -0.2) is 9.50 Å². The first kappa shape index (κ1) is 21.0. The van der Waals surface area contributed by atoms with Gasteiger partial charge in [0.25, 0.3) is 0 Å². The Labute approximate surface area is 198 Å². The van der Waals surface area contributed by atoms with Crippen LogP contribution in [0.5, 0.6) is 0 Å². The molecule has 5 aromatic rings. The molecular formula is C26H30N8. The van der Waals surface area contributed by atoms with Crippen molar-refractivity contribution in [2.75, 3.05) is 13.1 Å². The summed E-state index contributed by atoms with van der Waals surface area (Å²) in [5.41, 5.74) is 8.38. The standard InChI is InChI=1S/C26H30N8/c1-16(2)24-21-11-19(18-6-8-33(9-7-18)13-23-27-14-29-32-23)4-5-22(21)31-25(24)20-10-17(3)26-28-15-30-34(26)12-20/h4-5,10-12,14-16,18,31H,6-9,13H2,1-3H3,(H,27,29,32). The van der Waals surface area contributed by atoms with Crippen molar-refractivity contribution in [3.8, 4) is 11.3 Å². The van der Waals surface area contributed by atoms with E-state index in [9.17, 15) is 0 Å². The fourth-order valence-electron chi connectivity index (χ4n) is 5.49. The average molecular weight is 455 g/mol. The molecule has 2 N–H and O–H groups in total. The van der Waals surface area contributed by atoms with Gasteiger partial charge in [0, 0.05) is 22.7 Å². The van der Waals surface area contributed by atoms with Crippen LogP contribution in [0.3, 0.4) is 0 Å². The molecule has 5 heterocycles. The molecule has 1 aliphatic rings. The van der Waals surface area contributed by atoms with E-state index in [0.717, 1.165) is 55.1 Å². The Morgan fingerprint density at radius 3 is 2.76 bits per heavy atom. The number of rotatable bonds is 5. The minimum Gasteiger partial charge on any atom is -0.354 e. The Kier molecular flexibility index (Phi) is 5.17. The number of aryl methyl sites for hydroxylation is 1. The Bertz CT molecular complexity index is 1430. The van der Waals surface area contributed by atoms with E-state index in [1.807, 2.05) is 4.52 Å². The van der Waals surface area contributed by atoms with Gasteiger partial charge in [-0.2, -0.15) is 5.10 Å². The third-order valence-electron chi connectivity index (χ3n) is 7.19. The summed E-state index contributed by atoms with van der Waals surface area (Å²) < 4.78 is 1.87. The van der Waals surface area contributed by atoms with Crippen LogP contribution in [0.1, 0.15) is 61.0 Å². The average Bonchev–Trinajstić information content (AvgIpc) is 3.58. The van der Waals surface area contributed by atoms with Crippen molar-refractivity contribution in [1.29, 1.82) is 0 Å². The Morgan fingerprint density at radius 2 is 2.00 bits per heavy atom. The number of aromatic nitrogens is 7. The fourth-order valence-corrected chi connectivity index (χ4v) is 5.49. The number of nitrogens with zero attached hydrogens (tertiary/aromatic N) is 6. The molecule has 0 radical (unpaired) electrons. The van der Waals surface area contributed by atoms with Gasteiger partial charge in [-0.15, -0.1) is 10.2 Å². The molecule has 174 valence electrons. The topological polar surface area (TPSA) is 90.8 Å². The van der Waals surface area contributed by atoms with Crippen molar-refractivity contribution in [2.24, 2.45) is 0 Å². The molecule has 0 atom stereocenters. The number of H-pyrrole nitrogens is 2. The molecule has 6 rings (SSSR count). The number of aromatic amines is 2. The second kappa shape index (κ2) is 8.36. The normalized spacial score (nSPS) is 15.8. The molecule has 0 spiro atoms. The van der Waals surface area contributed by atoms with Gasteiger partial charge in [0.1, 0.15) is 18.5 Å². The van der Waals surface area contributed by atoms with E-state index in [0.29, 0.717) is 11.8 Å². The van der Waals surface area contributed by atoms with Crippen molar-refractivity contribution in [2.45, 2.75) is 52.0 Å². The minimum atomic E-state index is 0.398. The van der Waals surface area contributed by atoms with Gasteiger partial charge in [0.2, 0.25) is 0 Å². The highest BCUT2D eigenvalue weighted by Gasteiger charge is 2.23. The number of piperidine rings is 1. The van der Waals surface area contributed by atoms with Gasteiger partial charge in [-0.1, -0.05) is 19.9 Å². The first-order valence-electron chi connectivity index (χ1n) is 12.1. The lowest BCUT2D eigenvalue weighted by Crippen LogP contribution is -2.32. The van der Waals surface area contributed by atoms with Crippen LogP contribution in [0.2, 0.25) is 0 Å². The highest BCUT2D eigenvalue weighted by atomic mass is 15.3. The van der Waals surface area contributed by atoms with Crippen LogP contribution in [0, 0.1) is 6.92 Å². The predicted octanol–water partition coefficient (Wildman–Crippen LogP) is 4.81. The van der Waals surface area contributed by atoms with Crippen LogP contribution in [0.4, 0.5) is 0 Å². The van der Waals surface area contributed by atoms with E-state index < -0.39 is 0 Å². The molecule has 1 aromatic carbocycles. The molecule has 0 saturated carbocycles. The molecule has 8 nitrogen and oxygen atoms in total. The van der Waals surface area contributed by atoms with Gasteiger partial charge in [-0.3, -0.25) is 4.90 Å². The summed E-state index contributed by atoms with van der Waals surface area (Å²) in [6.45, 7) is 9.66. The third-order valence-corrected chi connectivity index (χ3v) is 7.19. The highest BCUT2D eigenvalue weighted by molar-refractivity contribution is 5.92. The number of pyridine rings is 1. The summed E-state index contributed by atoms with van der Waals surface area (Å²) in [7, 11) is 0. The van der Waals surface area contributed by atoms with Crippen molar-refractivity contribution in [3.63, 3.8) is 0 Å². The lowest BCUT2D eigenvalue weighted by atomic mass is 9.87. The van der Waals surface area contributed by atoms with E-state index >= 15 is 0 Å². The van der Waals surface area contributed by atoms with Crippen LogP contribution < -0.4 is 0 Å². The van der Waals surface area contributed by atoms with E-state index in [4.69, 9.17) is 0 Å². The van der Waals surface area contributed by atoms with Crippen LogP contribution in [-0.2, 0) is 6.54 Å². The van der Waals surface area contributed by atoms with Crippen molar-refractivity contribution < 1.29 is 0 Å². The van der Waals surface area contributed by atoms with Gasteiger partial charge in [-0.05, 0) is 79.6 Å². The Morgan fingerprint density at radius 1 is 1.15 bits per heavy atom. The second-order valence-corrected chi connectivity index (χ2v) is 9.80. The molecule has 0 unspecified atom stereocenters. The fraction of sp³-hybridized carbons (Fsp3) is 0.385. The van der Waals surface area contributed by atoms with Crippen LogP contribution in [0.15, 0.2) is 43.1 Å². The summed E-state index contributed by atoms with van der Waals surface area (Å²) in [6, 6.07) is 9.23. The number of fused-ring (bicyclic) bond motifs is 2. The number of nitrogens with one attached hydrogen (secondary N) is 2.